The van der Waals surface area contributed by atoms with Crippen molar-refractivity contribution in [3.63, 3.8) is 0 Å². The van der Waals surface area contributed by atoms with Gasteiger partial charge in [0, 0.05) is 6.42 Å². The predicted octanol–water partition coefficient (Wildman–Crippen LogP) is 2.58. The van der Waals surface area contributed by atoms with Gasteiger partial charge in [-0.15, -0.1) is 0 Å². The number of aliphatic hydroxyl groups is 2. The number of benzene rings is 1. The Hall–Kier alpha value is -1.06. The number of hydrogen-bond donors (Lipinski definition) is 3. The van der Waals surface area contributed by atoms with E-state index in [9.17, 15) is 15.3 Å². The molecule has 2 saturated carbocycles. The first-order chi connectivity index (χ1) is 10.0. The fourth-order valence-corrected chi connectivity index (χ4v) is 5.60. The topological polar surface area (TPSA) is 60.7 Å². The summed E-state index contributed by atoms with van der Waals surface area (Å²) in [4.78, 5) is 0. The first-order valence-electron chi connectivity index (χ1n) is 8.18. The molecule has 3 heteroatoms. The Morgan fingerprint density at radius 1 is 1.19 bits per heavy atom. The van der Waals surface area contributed by atoms with Gasteiger partial charge in [0.25, 0.3) is 0 Å². The van der Waals surface area contributed by atoms with Gasteiger partial charge in [0.05, 0.1) is 12.2 Å². The number of aromatic hydroxyl groups is 1. The highest BCUT2D eigenvalue weighted by molar-refractivity contribution is 5.40. The summed E-state index contributed by atoms with van der Waals surface area (Å²) in [5, 5.41) is 30.6. The van der Waals surface area contributed by atoms with E-state index in [1.54, 1.807) is 6.07 Å². The van der Waals surface area contributed by atoms with Gasteiger partial charge < -0.3 is 15.3 Å². The van der Waals surface area contributed by atoms with Crippen LogP contribution in [0, 0.1) is 17.3 Å². The summed E-state index contributed by atoms with van der Waals surface area (Å²) in [6.45, 7) is 2.17. The van der Waals surface area contributed by atoms with Gasteiger partial charge in [-0.3, -0.25) is 0 Å². The minimum atomic E-state index is -0.364. The molecule has 1 aromatic rings. The van der Waals surface area contributed by atoms with Crippen molar-refractivity contribution in [2.75, 3.05) is 0 Å². The van der Waals surface area contributed by atoms with Crippen molar-refractivity contribution in [2.24, 2.45) is 17.3 Å². The molecule has 0 heterocycles. The van der Waals surface area contributed by atoms with E-state index >= 15 is 0 Å². The van der Waals surface area contributed by atoms with Gasteiger partial charge in [0.2, 0.25) is 0 Å². The maximum absolute atomic E-state index is 10.5. The summed E-state index contributed by atoms with van der Waals surface area (Å²) in [6.07, 6.45) is 3.91. The van der Waals surface area contributed by atoms with Gasteiger partial charge in [0.15, 0.2) is 0 Å². The number of aryl methyl sites for hydroxylation is 1. The van der Waals surface area contributed by atoms with Crippen LogP contribution in [0.4, 0.5) is 0 Å². The van der Waals surface area contributed by atoms with E-state index < -0.39 is 0 Å². The molecule has 0 unspecified atom stereocenters. The van der Waals surface area contributed by atoms with Gasteiger partial charge in [-0.1, -0.05) is 13.0 Å². The van der Waals surface area contributed by atoms with Crippen molar-refractivity contribution in [2.45, 2.75) is 57.2 Å². The Balaban J connectivity index is 1.73. The highest BCUT2D eigenvalue weighted by Crippen LogP contribution is 2.60. The molecule has 1 aromatic carbocycles. The Bertz CT molecular complexity index is 570. The van der Waals surface area contributed by atoms with Crippen LogP contribution in [-0.2, 0) is 6.42 Å². The van der Waals surface area contributed by atoms with Crippen LogP contribution in [0.25, 0.3) is 0 Å². The second-order valence-electron chi connectivity index (χ2n) is 7.58. The zero-order valence-electron chi connectivity index (χ0n) is 12.5. The van der Waals surface area contributed by atoms with Crippen LogP contribution < -0.4 is 0 Å². The third-order valence-corrected chi connectivity index (χ3v) is 6.65. The minimum absolute atomic E-state index is 0.116. The van der Waals surface area contributed by atoms with E-state index in [-0.39, 0.29) is 23.5 Å². The molecule has 0 radical (unpaired) electrons. The van der Waals surface area contributed by atoms with Crippen LogP contribution in [-0.4, -0.2) is 27.5 Å². The smallest absolute Gasteiger partial charge is 0.115 e. The minimum Gasteiger partial charge on any atom is -0.508 e. The molecule has 4 rings (SSSR count). The van der Waals surface area contributed by atoms with Crippen LogP contribution in [0.2, 0.25) is 0 Å². The summed E-state index contributed by atoms with van der Waals surface area (Å²) in [7, 11) is 0. The van der Waals surface area contributed by atoms with E-state index in [2.05, 4.69) is 13.0 Å². The van der Waals surface area contributed by atoms with Crippen LogP contribution in [0.5, 0.6) is 5.75 Å². The third-order valence-electron chi connectivity index (χ3n) is 6.65. The zero-order chi connectivity index (χ0) is 14.8. The van der Waals surface area contributed by atoms with E-state index in [1.807, 2.05) is 6.07 Å². The van der Waals surface area contributed by atoms with Crippen molar-refractivity contribution < 1.29 is 15.3 Å². The Morgan fingerprint density at radius 2 is 2.00 bits per heavy atom. The number of aliphatic hydroxyl groups excluding tert-OH is 2. The van der Waals surface area contributed by atoms with E-state index in [0.717, 1.165) is 25.7 Å². The molecule has 21 heavy (non-hydrogen) atoms. The van der Waals surface area contributed by atoms with E-state index in [1.165, 1.54) is 11.1 Å². The first-order valence-corrected chi connectivity index (χ1v) is 8.18. The van der Waals surface area contributed by atoms with Gasteiger partial charge in [-0.05, 0) is 72.1 Å². The predicted molar refractivity (Wildman–Crippen MR) is 80.1 cm³/mol. The van der Waals surface area contributed by atoms with Crippen LogP contribution >= 0.6 is 0 Å². The first kappa shape index (κ1) is 13.6. The fourth-order valence-electron chi connectivity index (χ4n) is 5.60. The molecule has 2 fully saturated rings. The number of rotatable bonds is 0. The average molecular weight is 288 g/mol. The summed E-state index contributed by atoms with van der Waals surface area (Å²) in [5.41, 5.74) is 2.52. The molecule has 0 bridgehead atoms. The van der Waals surface area contributed by atoms with Crippen molar-refractivity contribution in [1.82, 2.24) is 0 Å². The third kappa shape index (κ3) is 1.80. The molecule has 3 nitrogen and oxygen atoms in total. The quantitative estimate of drug-likeness (QED) is 0.687. The van der Waals surface area contributed by atoms with Crippen molar-refractivity contribution >= 4 is 0 Å². The van der Waals surface area contributed by atoms with Crippen LogP contribution in [0.15, 0.2) is 18.2 Å². The molecule has 114 valence electrons. The highest BCUT2D eigenvalue weighted by Gasteiger charge is 2.58. The van der Waals surface area contributed by atoms with Crippen molar-refractivity contribution in [3.8, 4) is 5.75 Å². The molecule has 3 N–H and O–H groups in total. The molecule has 0 amide bonds. The maximum atomic E-state index is 10.5. The van der Waals surface area contributed by atoms with Crippen molar-refractivity contribution in [3.05, 3.63) is 29.3 Å². The van der Waals surface area contributed by atoms with E-state index in [0.29, 0.717) is 24.0 Å². The summed E-state index contributed by atoms with van der Waals surface area (Å²) >= 11 is 0. The summed E-state index contributed by atoms with van der Waals surface area (Å²) in [5.74, 6) is 1.51. The largest absolute Gasteiger partial charge is 0.508 e. The Morgan fingerprint density at radius 3 is 2.81 bits per heavy atom. The molecule has 0 saturated heterocycles. The highest BCUT2D eigenvalue weighted by atomic mass is 16.3. The molecule has 0 aliphatic heterocycles. The van der Waals surface area contributed by atoms with Crippen LogP contribution in [0.3, 0.4) is 0 Å². The zero-order valence-corrected chi connectivity index (χ0v) is 12.5. The lowest BCUT2D eigenvalue weighted by Crippen LogP contribution is -2.46. The average Bonchev–Trinajstić information content (AvgIpc) is 2.68. The standard InChI is InChI=1S/C18H24O3/c1-18-7-6-13-12-5-3-11(19)8-10(12)2-4-14(13)17(18)15(20)9-16(18)21/h3,5,8,13-17,19-21H,2,4,6-7,9H2,1H3/t13-,14+,15+,16+,17-,18-/m1/s1. The summed E-state index contributed by atoms with van der Waals surface area (Å²) in [6, 6.07) is 5.76. The van der Waals surface area contributed by atoms with E-state index in [4.69, 9.17) is 0 Å². The lowest BCUT2D eigenvalue weighted by atomic mass is 9.55. The molecular formula is C18H24O3. The number of phenolic OH excluding ortho intramolecular Hbond substituents is 1. The second kappa shape index (κ2) is 4.47. The number of hydrogen-bond acceptors (Lipinski definition) is 3. The van der Waals surface area contributed by atoms with Gasteiger partial charge in [-0.2, -0.15) is 0 Å². The van der Waals surface area contributed by atoms with Gasteiger partial charge in [-0.25, -0.2) is 0 Å². The summed E-state index contributed by atoms with van der Waals surface area (Å²) < 4.78 is 0. The molecule has 0 aromatic heterocycles. The molecular weight excluding hydrogens is 264 g/mol. The fraction of sp³-hybridized carbons (Fsp3) is 0.667. The SMILES string of the molecule is C[C@]12CC[C@@H]3c4ccc(O)cc4CC[C@@H]3[C@@H]1[C@@H](O)C[C@@H]2O. The monoisotopic (exact) mass is 288 g/mol. The Kier molecular flexibility index (Phi) is 2.89. The molecule has 6 atom stereocenters. The lowest BCUT2D eigenvalue weighted by Gasteiger charge is -2.50. The number of phenols is 1. The van der Waals surface area contributed by atoms with Gasteiger partial charge >= 0.3 is 0 Å². The second-order valence-corrected chi connectivity index (χ2v) is 7.58. The molecule has 3 aliphatic rings. The maximum Gasteiger partial charge on any atom is 0.115 e. The van der Waals surface area contributed by atoms with Crippen LogP contribution in [0.1, 0.15) is 49.7 Å². The lowest BCUT2D eigenvalue weighted by molar-refractivity contribution is -0.0440. The normalized spacial score (nSPS) is 44.8. The van der Waals surface area contributed by atoms with Gasteiger partial charge in [0.1, 0.15) is 5.75 Å². The Labute approximate surface area is 125 Å². The van der Waals surface area contributed by atoms with Crippen molar-refractivity contribution in [1.29, 1.82) is 0 Å². The number of fused-ring (bicyclic) bond motifs is 5. The molecule has 0 spiro atoms. The molecule has 3 aliphatic carbocycles.